The van der Waals surface area contributed by atoms with Gasteiger partial charge in [0.2, 0.25) is 5.91 Å². The van der Waals surface area contributed by atoms with Gasteiger partial charge in [0.25, 0.3) is 0 Å². The standard InChI is InChI=1S/C68H135N2O6P/c1-6-8-10-12-14-16-18-20-22-24-26-28-30-32-34-36-37-39-41-43-45-47-49-51-53-55-57-59-61-67(71)66(65-76-77(73,74)75-64-63-70(3,4)5)69-68(72)62-60-58-56-54-52-50-48-46-44-42-40-38-35-33-31-29-27-25-23-21-19-17-15-13-11-9-7-2/h19,21,25,27,66-67,71H,6-18,20,22-24,26,28-65H2,1-5H3,(H-,69,72,73,74)/p+1/b21-19-,27-25-. The number of nitrogens with one attached hydrogen (secondary N) is 1. The number of rotatable bonds is 64. The quantitative estimate of drug-likeness (QED) is 0.0243. The van der Waals surface area contributed by atoms with Crippen molar-refractivity contribution in [3.63, 3.8) is 0 Å². The van der Waals surface area contributed by atoms with E-state index in [-0.39, 0.29) is 19.1 Å². The first kappa shape index (κ1) is 76.0. The summed E-state index contributed by atoms with van der Waals surface area (Å²) in [6.07, 6.45) is 77.0. The Labute approximate surface area is 481 Å². The fraction of sp³-hybridized carbons (Fsp3) is 0.926. The van der Waals surface area contributed by atoms with Gasteiger partial charge in [-0.2, -0.15) is 0 Å². The Morgan fingerprint density at radius 1 is 0.442 bits per heavy atom. The normalized spacial score (nSPS) is 13.8. The predicted octanol–water partition coefficient (Wildman–Crippen LogP) is 21.5. The maximum absolute atomic E-state index is 13.1. The van der Waals surface area contributed by atoms with Gasteiger partial charge < -0.3 is 19.8 Å². The van der Waals surface area contributed by atoms with Gasteiger partial charge in [0.05, 0.1) is 39.9 Å². The minimum Gasteiger partial charge on any atom is -0.391 e. The second-order valence-electron chi connectivity index (χ2n) is 24.9. The van der Waals surface area contributed by atoms with Crippen LogP contribution in [0.25, 0.3) is 0 Å². The number of phosphoric ester groups is 1. The molecule has 0 aliphatic rings. The first-order valence-corrected chi connectivity index (χ1v) is 35.7. The lowest BCUT2D eigenvalue weighted by Gasteiger charge is -2.26. The van der Waals surface area contributed by atoms with E-state index < -0.39 is 20.0 Å². The molecule has 9 heteroatoms. The summed E-state index contributed by atoms with van der Waals surface area (Å²) in [5.41, 5.74) is 0. The van der Waals surface area contributed by atoms with Gasteiger partial charge >= 0.3 is 7.82 Å². The van der Waals surface area contributed by atoms with Crippen LogP contribution in [0.1, 0.15) is 354 Å². The molecule has 0 radical (unpaired) electrons. The van der Waals surface area contributed by atoms with Crippen molar-refractivity contribution in [3.8, 4) is 0 Å². The SMILES string of the molecule is CCCCCCC/C=C\C/C=C\CCCCCCCCCCCCCCCCCC(=O)NC(COP(=O)(O)OCC[N+](C)(C)C)C(O)CCCCCCCCCCCCCCCCCCCCCCCCCCCCCC. The number of hydrogen-bond acceptors (Lipinski definition) is 5. The van der Waals surface area contributed by atoms with Crippen LogP contribution in [-0.4, -0.2) is 73.4 Å². The van der Waals surface area contributed by atoms with Crippen LogP contribution in [0, 0.1) is 0 Å². The third-order valence-corrected chi connectivity index (χ3v) is 16.9. The molecule has 0 rings (SSSR count). The molecule has 0 aromatic carbocycles. The number of unbranched alkanes of at least 4 members (excludes halogenated alkanes) is 47. The average molecular weight is 1110 g/mol. The number of quaternary nitrogens is 1. The fourth-order valence-corrected chi connectivity index (χ4v) is 11.3. The molecular weight excluding hydrogens is 972 g/mol. The second-order valence-corrected chi connectivity index (χ2v) is 26.4. The molecule has 0 aromatic heterocycles. The number of amides is 1. The van der Waals surface area contributed by atoms with Crippen molar-refractivity contribution in [3.05, 3.63) is 24.3 Å². The van der Waals surface area contributed by atoms with Crippen molar-refractivity contribution in [2.24, 2.45) is 0 Å². The number of carbonyl (C=O) groups excluding carboxylic acids is 1. The lowest BCUT2D eigenvalue weighted by atomic mass is 10.0. The fourth-order valence-electron chi connectivity index (χ4n) is 10.6. The molecule has 3 atom stereocenters. The number of phosphoric acid groups is 1. The molecule has 0 spiro atoms. The minimum atomic E-state index is -4.33. The summed E-state index contributed by atoms with van der Waals surface area (Å²) in [5.74, 6) is -0.138. The summed E-state index contributed by atoms with van der Waals surface area (Å²) < 4.78 is 23.9. The monoisotopic (exact) mass is 1110 g/mol. The topological polar surface area (TPSA) is 105 Å². The Morgan fingerprint density at radius 2 is 0.740 bits per heavy atom. The molecular formula is C68H136N2O6P+. The van der Waals surface area contributed by atoms with E-state index in [1.807, 2.05) is 21.1 Å². The molecule has 0 aliphatic carbocycles. The van der Waals surface area contributed by atoms with Crippen molar-refractivity contribution in [1.29, 1.82) is 0 Å². The summed E-state index contributed by atoms with van der Waals surface area (Å²) in [7, 11) is 1.63. The van der Waals surface area contributed by atoms with E-state index >= 15 is 0 Å². The Bertz CT molecular complexity index is 1300. The first-order valence-electron chi connectivity index (χ1n) is 34.2. The van der Waals surface area contributed by atoms with Gasteiger partial charge in [-0.15, -0.1) is 0 Å². The zero-order chi connectivity index (χ0) is 56.3. The maximum atomic E-state index is 13.1. The first-order chi connectivity index (χ1) is 37.5. The van der Waals surface area contributed by atoms with E-state index in [9.17, 15) is 19.4 Å². The third kappa shape index (κ3) is 62.4. The van der Waals surface area contributed by atoms with E-state index in [4.69, 9.17) is 9.05 Å². The van der Waals surface area contributed by atoms with Crippen LogP contribution in [0.5, 0.6) is 0 Å². The third-order valence-electron chi connectivity index (χ3n) is 16.0. The summed E-state index contributed by atoms with van der Waals surface area (Å²) in [5, 5.41) is 14.1. The van der Waals surface area contributed by atoms with Crippen LogP contribution < -0.4 is 5.32 Å². The maximum Gasteiger partial charge on any atom is 0.472 e. The van der Waals surface area contributed by atoms with Crippen LogP contribution in [0.15, 0.2) is 24.3 Å². The molecule has 0 saturated carbocycles. The molecule has 3 N–H and O–H groups in total. The highest BCUT2D eigenvalue weighted by Crippen LogP contribution is 2.43. The number of carbonyl (C=O) groups is 1. The molecule has 77 heavy (non-hydrogen) atoms. The minimum absolute atomic E-state index is 0.0769. The van der Waals surface area contributed by atoms with E-state index in [0.29, 0.717) is 23.9 Å². The van der Waals surface area contributed by atoms with Gasteiger partial charge in [-0.05, 0) is 44.9 Å². The molecule has 0 fully saturated rings. The van der Waals surface area contributed by atoms with E-state index in [1.165, 1.54) is 283 Å². The molecule has 0 aliphatic heterocycles. The molecule has 0 bridgehead atoms. The van der Waals surface area contributed by atoms with E-state index in [0.717, 1.165) is 44.9 Å². The van der Waals surface area contributed by atoms with Crippen LogP contribution in [0.4, 0.5) is 0 Å². The number of allylic oxidation sites excluding steroid dienone is 4. The Hall–Kier alpha value is -1.02. The highest BCUT2D eigenvalue weighted by atomic mass is 31.2. The van der Waals surface area contributed by atoms with E-state index in [2.05, 4.69) is 43.5 Å². The largest absolute Gasteiger partial charge is 0.472 e. The average Bonchev–Trinajstić information content (AvgIpc) is 3.39. The van der Waals surface area contributed by atoms with Crippen molar-refractivity contribution in [1.82, 2.24) is 5.32 Å². The van der Waals surface area contributed by atoms with Crippen LogP contribution >= 0.6 is 7.82 Å². The molecule has 8 nitrogen and oxygen atoms in total. The van der Waals surface area contributed by atoms with Gasteiger partial charge in [-0.25, -0.2) is 4.57 Å². The zero-order valence-corrected chi connectivity index (χ0v) is 53.4. The summed E-state index contributed by atoms with van der Waals surface area (Å²) in [4.78, 5) is 23.4. The lowest BCUT2D eigenvalue weighted by molar-refractivity contribution is -0.870. The zero-order valence-electron chi connectivity index (χ0n) is 52.5. The predicted molar refractivity (Wildman–Crippen MR) is 337 cm³/mol. The Kier molecular flexibility index (Phi) is 58.8. The molecule has 458 valence electrons. The number of likely N-dealkylation sites (N-methyl/N-ethyl adjacent to an activating group) is 1. The molecule has 0 heterocycles. The summed E-state index contributed by atoms with van der Waals surface area (Å²) in [6, 6.07) is -0.760. The number of aliphatic hydroxyl groups excluding tert-OH is 1. The van der Waals surface area contributed by atoms with Crippen LogP contribution in [-0.2, 0) is 18.4 Å². The van der Waals surface area contributed by atoms with Crippen LogP contribution in [0.2, 0.25) is 0 Å². The second kappa shape index (κ2) is 59.6. The Morgan fingerprint density at radius 3 is 1.06 bits per heavy atom. The van der Waals surface area contributed by atoms with Gasteiger partial charge in [-0.3, -0.25) is 13.8 Å². The Balaban J connectivity index is 4.03. The number of aliphatic hydroxyl groups is 1. The van der Waals surface area contributed by atoms with Gasteiger partial charge in [0.1, 0.15) is 13.2 Å². The number of nitrogens with zero attached hydrogens (tertiary/aromatic N) is 1. The summed E-state index contributed by atoms with van der Waals surface area (Å²) in [6.45, 7) is 4.94. The van der Waals surface area contributed by atoms with Gasteiger partial charge in [0, 0.05) is 6.42 Å². The highest BCUT2D eigenvalue weighted by molar-refractivity contribution is 7.47. The smallest absolute Gasteiger partial charge is 0.391 e. The van der Waals surface area contributed by atoms with Crippen LogP contribution in [0.3, 0.4) is 0 Å². The van der Waals surface area contributed by atoms with Crippen molar-refractivity contribution in [2.75, 3.05) is 40.9 Å². The van der Waals surface area contributed by atoms with Gasteiger partial charge in [0.15, 0.2) is 0 Å². The highest BCUT2D eigenvalue weighted by Gasteiger charge is 2.28. The number of hydrogen-bond donors (Lipinski definition) is 3. The molecule has 0 saturated heterocycles. The summed E-state index contributed by atoms with van der Waals surface area (Å²) >= 11 is 0. The molecule has 1 amide bonds. The van der Waals surface area contributed by atoms with E-state index in [1.54, 1.807) is 0 Å². The molecule has 3 unspecified atom stereocenters. The van der Waals surface area contributed by atoms with Gasteiger partial charge in [-0.1, -0.05) is 327 Å². The van der Waals surface area contributed by atoms with Crippen molar-refractivity contribution in [2.45, 2.75) is 366 Å². The lowest BCUT2D eigenvalue weighted by Crippen LogP contribution is -2.46. The van der Waals surface area contributed by atoms with Crippen molar-refractivity contribution >= 4 is 13.7 Å². The molecule has 0 aromatic rings. The van der Waals surface area contributed by atoms with Crippen molar-refractivity contribution < 1.29 is 32.9 Å².